The van der Waals surface area contributed by atoms with E-state index in [9.17, 15) is 4.79 Å². The molecule has 0 unspecified atom stereocenters. The number of para-hydroxylation sites is 1. The van der Waals surface area contributed by atoms with Crippen LogP contribution in [0.3, 0.4) is 0 Å². The molecule has 0 aliphatic carbocycles. The van der Waals surface area contributed by atoms with Gasteiger partial charge in [0.05, 0.1) is 0 Å². The molecule has 3 nitrogen and oxygen atoms in total. The Labute approximate surface area is 110 Å². The van der Waals surface area contributed by atoms with E-state index in [-0.39, 0.29) is 11.4 Å². The van der Waals surface area contributed by atoms with Crippen molar-refractivity contribution in [2.75, 3.05) is 5.32 Å². The first-order valence-electron chi connectivity index (χ1n) is 6.47. The van der Waals surface area contributed by atoms with E-state index in [1.54, 1.807) is 0 Å². The van der Waals surface area contributed by atoms with Crippen molar-refractivity contribution >= 4 is 11.6 Å². The summed E-state index contributed by atoms with van der Waals surface area (Å²) in [6.07, 6.45) is 1.14. The molecule has 3 N–H and O–H groups in total. The SMILES string of the molecule is CC(C)c1ccccc1NC(=O)CCC(C)(C)N. The Bertz CT molecular complexity index is 405. The molecule has 0 saturated heterocycles. The number of nitrogens with one attached hydrogen (secondary N) is 1. The fraction of sp³-hybridized carbons (Fsp3) is 0.533. The van der Waals surface area contributed by atoms with Gasteiger partial charge < -0.3 is 11.1 Å². The Morgan fingerprint density at radius 1 is 1.33 bits per heavy atom. The predicted octanol–water partition coefficient (Wildman–Crippen LogP) is 3.27. The summed E-state index contributed by atoms with van der Waals surface area (Å²) in [5.41, 5.74) is 7.65. The van der Waals surface area contributed by atoms with E-state index in [0.717, 1.165) is 11.3 Å². The number of carbonyl (C=O) groups is 1. The van der Waals surface area contributed by atoms with E-state index in [0.29, 0.717) is 18.8 Å². The fourth-order valence-electron chi connectivity index (χ4n) is 1.76. The van der Waals surface area contributed by atoms with Crippen LogP contribution >= 0.6 is 0 Å². The monoisotopic (exact) mass is 248 g/mol. The van der Waals surface area contributed by atoms with Crippen molar-refractivity contribution in [3.05, 3.63) is 29.8 Å². The second-order valence-electron chi connectivity index (χ2n) is 5.78. The lowest BCUT2D eigenvalue weighted by atomic mass is 9.99. The number of carbonyl (C=O) groups excluding carboxylic acids is 1. The molecule has 3 heteroatoms. The number of anilines is 1. The average Bonchev–Trinajstić information content (AvgIpc) is 2.26. The molecule has 100 valence electrons. The van der Waals surface area contributed by atoms with Crippen LogP contribution in [0.5, 0.6) is 0 Å². The Balaban J connectivity index is 2.65. The summed E-state index contributed by atoms with van der Waals surface area (Å²) in [5, 5.41) is 2.97. The highest BCUT2D eigenvalue weighted by Gasteiger charge is 2.14. The Hall–Kier alpha value is -1.35. The number of amides is 1. The van der Waals surface area contributed by atoms with Gasteiger partial charge in [0.15, 0.2) is 0 Å². The standard InChI is InChI=1S/C15H24N2O/c1-11(2)12-7-5-6-8-13(12)17-14(18)9-10-15(3,4)16/h5-8,11H,9-10,16H2,1-4H3,(H,17,18). The highest BCUT2D eigenvalue weighted by Crippen LogP contribution is 2.24. The van der Waals surface area contributed by atoms with Gasteiger partial charge in [0.25, 0.3) is 0 Å². The third-order valence-electron chi connectivity index (χ3n) is 2.85. The summed E-state index contributed by atoms with van der Waals surface area (Å²) in [5.74, 6) is 0.425. The molecule has 0 aromatic heterocycles. The first-order valence-corrected chi connectivity index (χ1v) is 6.47. The van der Waals surface area contributed by atoms with Crippen LogP contribution in [-0.2, 0) is 4.79 Å². The van der Waals surface area contributed by atoms with Gasteiger partial charge in [0, 0.05) is 17.6 Å². The Morgan fingerprint density at radius 2 is 1.94 bits per heavy atom. The summed E-state index contributed by atoms with van der Waals surface area (Å²) >= 11 is 0. The lowest BCUT2D eigenvalue weighted by molar-refractivity contribution is -0.116. The highest BCUT2D eigenvalue weighted by molar-refractivity contribution is 5.91. The number of nitrogens with two attached hydrogens (primary N) is 1. The number of benzene rings is 1. The van der Waals surface area contributed by atoms with Crippen molar-refractivity contribution in [3.8, 4) is 0 Å². The molecule has 1 amide bonds. The van der Waals surface area contributed by atoms with Crippen molar-refractivity contribution in [2.45, 2.75) is 52.0 Å². The molecule has 0 fully saturated rings. The van der Waals surface area contributed by atoms with Gasteiger partial charge in [0.2, 0.25) is 5.91 Å². The number of hydrogen-bond donors (Lipinski definition) is 2. The Morgan fingerprint density at radius 3 is 2.50 bits per heavy atom. The highest BCUT2D eigenvalue weighted by atomic mass is 16.1. The third kappa shape index (κ3) is 4.88. The molecule has 0 radical (unpaired) electrons. The second kappa shape index (κ2) is 6.01. The van der Waals surface area contributed by atoms with E-state index >= 15 is 0 Å². The van der Waals surface area contributed by atoms with E-state index in [2.05, 4.69) is 19.2 Å². The van der Waals surface area contributed by atoms with Crippen molar-refractivity contribution in [2.24, 2.45) is 5.73 Å². The molecule has 1 aromatic rings. The minimum atomic E-state index is -0.297. The van der Waals surface area contributed by atoms with Gasteiger partial charge in [-0.1, -0.05) is 32.0 Å². The predicted molar refractivity (Wildman–Crippen MR) is 76.7 cm³/mol. The summed E-state index contributed by atoms with van der Waals surface area (Å²) < 4.78 is 0. The first-order chi connectivity index (χ1) is 8.29. The summed E-state index contributed by atoms with van der Waals surface area (Å²) in [6.45, 7) is 8.10. The largest absolute Gasteiger partial charge is 0.326 e. The maximum atomic E-state index is 11.9. The third-order valence-corrected chi connectivity index (χ3v) is 2.85. The minimum Gasteiger partial charge on any atom is -0.326 e. The molecular weight excluding hydrogens is 224 g/mol. The molecule has 0 atom stereocenters. The molecule has 0 heterocycles. The van der Waals surface area contributed by atoms with Crippen LogP contribution in [0.1, 0.15) is 52.0 Å². The minimum absolute atomic E-state index is 0.0293. The summed E-state index contributed by atoms with van der Waals surface area (Å²) in [4.78, 5) is 11.9. The molecule has 1 rings (SSSR count). The van der Waals surface area contributed by atoms with E-state index in [1.807, 2.05) is 38.1 Å². The maximum absolute atomic E-state index is 11.9. The Kier molecular flexibility index (Phi) is 4.91. The van der Waals surface area contributed by atoms with Gasteiger partial charge in [-0.3, -0.25) is 4.79 Å². The topological polar surface area (TPSA) is 55.1 Å². The van der Waals surface area contributed by atoms with Gasteiger partial charge in [-0.15, -0.1) is 0 Å². The maximum Gasteiger partial charge on any atom is 0.224 e. The first kappa shape index (κ1) is 14.7. The lowest BCUT2D eigenvalue weighted by Crippen LogP contribution is -2.33. The zero-order valence-corrected chi connectivity index (χ0v) is 11.8. The van der Waals surface area contributed by atoms with Crippen LogP contribution in [0, 0.1) is 0 Å². The van der Waals surface area contributed by atoms with Gasteiger partial charge in [0.1, 0.15) is 0 Å². The van der Waals surface area contributed by atoms with Gasteiger partial charge in [-0.25, -0.2) is 0 Å². The molecule has 0 saturated carbocycles. The molecule has 0 bridgehead atoms. The van der Waals surface area contributed by atoms with E-state index in [1.165, 1.54) is 0 Å². The van der Waals surface area contributed by atoms with Crippen LogP contribution in [0.15, 0.2) is 24.3 Å². The zero-order chi connectivity index (χ0) is 13.8. The van der Waals surface area contributed by atoms with Crippen molar-refractivity contribution < 1.29 is 4.79 Å². The number of rotatable bonds is 5. The van der Waals surface area contributed by atoms with Crippen molar-refractivity contribution in [1.82, 2.24) is 0 Å². The normalized spacial score (nSPS) is 11.7. The molecular formula is C15H24N2O. The average molecular weight is 248 g/mol. The lowest BCUT2D eigenvalue weighted by Gasteiger charge is -2.18. The molecule has 18 heavy (non-hydrogen) atoms. The van der Waals surface area contributed by atoms with Crippen molar-refractivity contribution in [3.63, 3.8) is 0 Å². The smallest absolute Gasteiger partial charge is 0.224 e. The zero-order valence-electron chi connectivity index (χ0n) is 11.8. The van der Waals surface area contributed by atoms with Crippen LogP contribution < -0.4 is 11.1 Å². The van der Waals surface area contributed by atoms with Crippen LogP contribution in [-0.4, -0.2) is 11.4 Å². The fourth-order valence-corrected chi connectivity index (χ4v) is 1.76. The van der Waals surface area contributed by atoms with Gasteiger partial charge in [-0.2, -0.15) is 0 Å². The number of hydrogen-bond acceptors (Lipinski definition) is 2. The quantitative estimate of drug-likeness (QED) is 0.840. The molecule has 0 aliphatic heterocycles. The van der Waals surface area contributed by atoms with Gasteiger partial charge >= 0.3 is 0 Å². The van der Waals surface area contributed by atoms with Crippen LogP contribution in [0.4, 0.5) is 5.69 Å². The van der Waals surface area contributed by atoms with Crippen LogP contribution in [0.2, 0.25) is 0 Å². The van der Waals surface area contributed by atoms with E-state index < -0.39 is 0 Å². The summed E-state index contributed by atoms with van der Waals surface area (Å²) in [6, 6.07) is 7.93. The molecule has 1 aromatic carbocycles. The van der Waals surface area contributed by atoms with Gasteiger partial charge in [-0.05, 0) is 37.8 Å². The van der Waals surface area contributed by atoms with Crippen molar-refractivity contribution in [1.29, 1.82) is 0 Å². The summed E-state index contributed by atoms with van der Waals surface area (Å²) in [7, 11) is 0. The molecule has 0 spiro atoms. The van der Waals surface area contributed by atoms with E-state index in [4.69, 9.17) is 5.73 Å². The second-order valence-corrected chi connectivity index (χ2v) is 5.78. The molecule has 0 aliphatic rings. The van der Waals surface area contributed by atoms with Crippen LogP contribution in [0.25, 0.3) is 0 Å².